The second kappa shape index (κ2) is 3.65. The molecule has 4 N–H and O–H groups in total. The Labute approximate surface area is 90.4 Å². The maximum Gasteiger partial charge on any atom is 0.435 e. The van der Waals surface area contributed by atoms with Gasteiger partial charge in [-0.05, 0) is 19.3 Å². The highest BCUT2D eigenvalue weighted by atomic mass is 19.4. The van der Waals surface area contributed by atoms with Crippen molar-refractivity contribution in [3.8, 4) is 0 Å². The lowest BCUT2D eigenvalue weighted by atomic mass is 10.2. The minimum atomic E-state index is -4.44. The summed E-state index contributed by atoms with van der Waals surface area (Å²) in [7, 11) is 0. The van der Waals surface area contributed by atoms with E-state index >= 15 is 0 Å². The number of hydrogen-bond donors (Lipinski definition) is 2. The minimum Gasteiger partial charge on any atom is -0.384 e. The van der Waals surface area contributed by atoms with Crippen LogP contribution in [0.4, 0.5) is 19.0 Å². The van der Waals surface area contributed by atoms with Crippen molar-refractivity contribution >= 4 is 5.82 Å². The Morgan fingerprint density at radius 1 is 1.38 bits per heavy atom. The normalized spacial score (nSPS) is 26.2. The smallest absolute Gasteiger partial charge is 0.384 e. The van der Waals surface area contributed by atoms with Gasteiger partial charge in [0.05, 0.1) is 6.04 Å². The van der Waals surface area contributed by atoms with Crippen LogP contribution < -0.4 is 11.5 Å². The molecule has 0 amide bonds. The molecular formula is C9H13F3N4. The van der Waals surface area contributed by atoms with Gasteiger partial charge in [-0.25, -0.2) is 4.68 Å². The summed E-state index contributed by atoms with van der Waals surface area (Å²) in [6.45, 7) is 0. The van der Waals surface area contributed by atoms with Gasteiger partial charge in [0.1, 0.15) is 5.82 Å². The van der Waals surface area contributed by atoms with Gasteiger partial charge in [0.2, 0.25) is 0 Å². The van der Waals surface area contributed by atoms with Gasteiger partial charge >= 0.3 is 6.18 Å². The van der Waals surface area contributed by atoms with E-state index in [0.29, 0.717) is 6.42 Å². The minimum absolute atomic E-state index is 0.0305. The zero-order chi connectivity index (χ0) is 11.9. The lowest BCUT2D eigenvalue weighted by Crippen LogP contribution is -2.17. The van der Waals surface area contributed by atoms with Crippen LogP contribution in [0, 0.1) is 0 Å². The summed E-state index contributed by atoms with van der Waals surface area (Å²) in [4.78, 5) is 0. The highest BCUT2D eigenvalue weighted by molar-refractivity contribution is 5.32. The molecule has 0 aromatic carbocycles. The third kappa shape index (κ3) is 1.99. The summed E-state index contributed by atoms with van der Waals surface area (Å²) in [6, 6.07) is 0.790. The average Bonchev–Trinajstić information content (AvgIpc) is 2.70. The molecule has 1 aromatic rings. The zero-order valence-electron chi connectivity index (χ0n) is 8.54. The van der Waals surface area contributed by atoms with Gasteiger partial charge < -0.3 is 11.5 Å². The van der Waals surface area contributed by atoms with Crippen molar-refractivity contribution in [1.82, 2.24) is 9.78 Å². The molecule has 1 aromatic heterocycles. The molecule has 0 saturated heterocycles. The molecule has 4 nitrogen and oxygen atoms in total. The largest absolute Gasteiger partial charge is 0.435 e. The third-order valence-corrected chi connectivity index (χ3v) is 2.85. The van der Waals surface area contributed by atoms with Crippen molar-refractivity contribution < 1.29 is 13.2 Å². The fraction of sp³-hybridized carbons (Fsp3) is 0.667. The maximum atomic E-state index is 12.4. The van der Waals surface area contributed by atoms with Gasteiger partial charge in [-0.15, -0.1) is 0 Å². The van der Waals surface area contributed by atoms with Crippen LogP contribution in [0.25, 0.3) is 0 Å². The van der Waals surface area contributed by atoms with Crippen LogP contribution in [-0.2, 0) is 6.18 Å². The Kier molecular flexibility index (Phi) is 2.57. The first-order chi connectivity index (χ1) is 7.38. The van der Waals surface area contributed by atoms with E-state index in [0.717, 1.165) is 18.9 Å². The third-order valence-electron chi connectivity index (χ3n) is 2.85. The van der Waals surface area contributed by atoms with Gasteiger partial charge in [-0.3, -0.25) is 0 Å². The Balaban J connectivity index is 2.25. The van der Waals surface area contributed by atoms with E-state index < -0.39 is 11.9 Å². The number of halogens is 3. The number of anilines is 1. The number of rotatable bonds is 1. The topological polar surface area (TPSA) is 69.9 Å². The number of aromatic nitrogens is 2. The van der Waals surface area contributed by atoms with Gasteiger partial charge in [0, 0.05) is 12.1 Å². The molecular weight excluding hydrogens is 221 g/mol. The Bertz CT molecular complexity index is 385. The van der Waals surface area contributed by atoms with Crippen molar-refractivity contribution in [2.24, 2.45) is 5.73 Å². The first-order valence-electron chi connectivity index (χ1n) is 5.05. The second-order valence-electron chi connectivity index (χ2n) is 4.12. The molecule has 1 aliphatic carbocycles. The molecule has 1 heterocycles. The number of nitrogens with zero attached hydrogens (tertiary/aromatic N) is 2. The SMILES string of the molecule is Nc1cc(C(F)(F)F)nn1C1CCC(N)C1. The average molecular weight is 234 g/mol. The number of alkyl halides is 3. The molecule has 0 radical (unpaired) electrons. The molecule has 1 fully saturated rings. The Morgan fingerprint density at radius 2 is 2.06 bits per heavy atom. The molecule has 2 rings (SSSR count). The predicted molar refractivity (Wildman–Crippen MR) is 52.5 cm³/mol. The summed E-state index contributed by atoms with van der Waals surface area (Å²) in [5.74, 6) is 0.0476. The summed E-state index contributed by atoms with van der Waals surface area (Å²) in [5.41, 5.74) is 10.3. The van der Waals surface area contributed by atoms with Crippen LogP contribution in [0.5, 0.6) is 0 Å². The first kappa shape index (κ1) is 11.3. The van der Waals surface area contributed by atoms with Crippen molar-refractivity contribution in [2.75, 3.05) is 5.73 Å². The molecule has 7 heteroatoms. The quantitative estimate of drug-likeness (QED) is 0.774. The molecule has 90 valence electrons. The van der Waals surface area contributed by atoms with Crippen molar-refractivity contribution in [1.29, 1.82) is 0 Å². The number of hydrogen-bond acceptors (Lipinski definition) is 3. The highest BCUT2D eigenvalue weighted by Gasteiger charge is 2.36. The molecule has 1 saturated carbocycles. The van der Waals surface area contributed by atoms with Gasteiger partial charge in [-0.1, -0.05) is 0 Å². The van der Waals surface area contributed by atoms with Gasteiger partial charge in [0.15, 0.2) is 5.69 Å². The Hall–Kier alpha value is -1.24. The van der Waals surface area contributed by atoms with E-state index in [1.54, 1.807) is 0 Å². The lowest BCUT2D eigenvalue weighted by Gasteiger charge is -2.12. The molecule has 2 atom stereocenters. The van der Waals surface area contributed by atoms with E-state index in [-0.39, 0.29) is 17.9 Å². The number of nitrogen functional groups attached to an aromatic ring is 1. The lowest BCUT2D eigenvalue weighted by molar-refractivity contribution is -0.141. The van der Waals surface area contributed by atoms with E-state index in [2.05, 4.69) is 5.10 Å². The van der Waals surface area contributed by atoms with Crippen LogP contribution in [-0.4, -0.2) is 15.8 Å². The fourth-order valence-electron chi connectivity index (χ4n) is 2.05. The monoisotopic (exact) mass is 234 g/mol. The van der Waals surface area contributed by atoms with Crippen molar-refractivity contribution in [3.63, 3.8) is 0 Å². The maximum absolute atomic E-state index is 12.4. The molecule has 16 heavy (non-hydrogen) atoms. The standard InChI is InChI=1S/C9H13F3N4/c10-9(11,12)7-4-8(14)16(15-7)6-2-1-5(13)3-6/h4-6H,1-3,13-14H2. The Morgan fingerprint density at radius 3 is 2.50 bits per heavy atom. The van der Waals surface area contributed by atoms with Gasteiger partial charge in [-0.2, -0.15) is 18.3 Å². The van der Waals surface area contributed by atoms with E-state index in [1.165, 1.54) is 4.68 Å². The summed E-state index contributed by atoms with van der Waals surface area (Å²) in [6.07, 6.45) is -2.29. The van der Waals surface area contributed by atoms with E-state index in [4.69, 9.17) is 11.5 Å². The summed E-state index contributed by atoms with van der Waals surface area (Å²) in [5, 5.41) is 3.51. The first-order valence-corrected chi connectivity index (χ1v) is 5.05. The van der Waals surface area contributed by atoms with Crippen LogP contribution in [0.15, 0.2) is 6.07 Å². The fourth-order valence-corrected chi connectivity index (χ4v) is 2.05. The van der Waals surface area contributed by atoms with Gasteiger partial charge in [0.25, 0.3) is 0 Å². The predicted octanol–water partition coefficient (Wildman–Crippen LogP) is 1.54. The van der Waals surface area contributed by atoms with Crippen LogP contribution in [0.3, 0.4) is 0 Å². The molecule has 0 spiro atoms. The summed E-state index contributed by atoms with van der Waals surface area (Å²) < 4.78 is 38.4. The second-order valence-corrected chi connectivity index (χ2v) is 4.12. The van der Waals surface area contributed by atoms with Crippen LogP contribution in [0.1, 0.15) is 31.0 Å². The molecule has 0 aliphatic heterocycles. The summed E-state index contributed by atoms with van der Waals surface area (Å²) >= 11 is 0. The van der Waals surface area contributed by atoms with Crippen molar-refractivity contribution in [3.05, 3.63) is 11.8 Å². The van der Waals surface area contributed by atoms with Crippen molar-refractivity contribution in [2.45, 2.75) is 37.5 Å². The molecule has 2 unspecified atom stereocenters. The van der Waals surface area contributed by atoms with Crippen LogP contribution >= 0.6 is 0 Å². The zero-order valence-corrected chi connectivity index (χ0v) is 8.54. The van der Waals surface area contributed by atoms with E-state index in [9.17, 15) is 13.2 Å². The highest BCUT2D eigenvalue weighted by Crippen LogP contribution is 2.34. The van der Waals surface area contributed by atoms with E-state index in [1.807, 2.05) is 0 Å². The molecule has 1 aliphatic rings. The molecule has 0 bridgehead atoms. The van der Waals surface area contributed by atoms with Crippen LogP contribution in [0.2, 0.25) is 0 Å². The number of nitrogens with two attached hydrogens (primary N) is 2.